The van der Waals surface area contributed by atoms with E-state index in [1.807, 2.05) is 19.1 Å². The molecule has 0 fully saturated rings. The van der Waals surface area contributed by atoms with Crippen LogP contribution in [-0.2, 0) is 6.61 Å². The standard InChI is InChI=1S/C15H17ClN2O2/c1-9(2)12-5-14(10(3)4-13(12)16)20-15-7-17-11(8-19)6-18-15/h4-7,9,19H,8H2,1-3H3. The Balaban J connectivity index is 2.30. The van der Waals surface area contributed by atoms with Gasteiger partial charge in [-0.1, -0.05) is 25.4 Å². The van der Waals surface area contributed by atoms with Crippen molar-refractivity contribution < 1.29 is 9.84 Å². The van der Waals surface area contributed by atoms with Crippen molar-refractivity contribution in [2.45, 2.75) is 33.3 Å². The maximum atomic E-state index is 8.93. The summed E-state index contributed by atoms with van der Waals surface area (Å²) in [7, 11) is 0. The molecular weight excluding hydrogens is 276 g/mol. The third kappa shape index (κ3) is 3.26. The monoisotopic (exact) mass is 292 g/mol. The largest absolute Gasteiger partial charge is 0.437 e. The number of aryl methyl sites for hydroxylation is 1. The zero-order chi connectivity index (χ0) is 14.7. The number of benzene rings is 1. The van der Waals surface area contributed by atoms with E-state index in [1.54, 1.807) is 0 Å². The molecule has 0 saturated heterocycles. The fourth-order valence-corrected chi connectivity index (χ4v) is 2.25. The lowest BCUT2D eigenvalue weighted by atomic mass is 10.0. The van der Waals surface area contributed by atoms with Crippen LogP contribution in [0.4, 0.5) is 0 Å². The van der Waals surface area contributed by atoms with Crippen LogP contribution in [0.25, 0.3) is 0 Å². The van der Waals surface area contributed by atoms with Crippen molar-refractivity contribution in [2.24, 2.45) is 0 Å². The van der Waals surface area contributed by atoms with Crippen LogP contribution in [0.3, 0.4) is 0 Å². The molecule has 0 radical (unpaired) electrons. The number of rotatable bonds is 4. The van der Waals surface area contributed by atoms with Gasteiger partial charge in [0.15, 0.2) is 0 Å². The summed E-state index contributed by atoms with van der Waals surface area (Å²) in [6, 6.07) is 3.83. The number of halogens is 1. The number of aliphatic hydroxyl groups excluding tert-OH is 1. The van der Waals surface area contributed by atoms with E-state index in [-0.39, 0.29) is 6.61 Å². The van der Waals surface area contributed by atoms with E-state index in [0.29, 0.717) is 23.2 Å². The van der Waals surface area contributed by atoms with Crippen molar-refractivity contribution in [3.8, 4) is 11.6 Å². The van der Waals surface area contributed by atoms with Gasteiger partial charge in [-0.25, -0.2) is 4.98 Å². The molecule has 0 bridgehead atoms. The molecule has 5 heteroatoms. The van der Waals surface area contributed by atoms with Crippen LogP contribution in [0.5, 0.6) is 11.6 Å². The highest BCUT2D eigenvalue weighted by Crippen LogP contribution is 2.33. The van der Waals surface area contributed by atoms with Gasteiger partial charge in [-0.05, 0) is 36.1 Å². The zero-order valence-electron chi connectivity index (χ0n) is 11.7. The summed E-state index contributed by atoms with van der Waals surface area (Å²) >= 11 is 6.23. The van der Waals surface area contributed by atoms with Crippen LogP contribution in [-0.4, -0.2) is 15.1 Å². The molecule has 106 valence electrons. The second kappa shape index (κ2) is 6.20. The van der Waals surface area contributed by atoms with Crippen LogP contribution in [0.1, 0.15) is 36.6 Å². The predicted molar refractivity (Wildman–Crippen MR) is 78.3 cm³/mol. The Morgan fingerprint density at radius 3 is 2.55 bits per heavy atom. The third-order valence-electron chi connectivity index (χ3n) is 2.97. The van der Waals surface area contributed by atoms with Crippen LogP contribution < -0.4 is 4.74 Å². The Hall–Kier alpha value is -1.65. The number of ether oxygens (including phenoxy) is 1. The van der Waals surface area contributed by atoms with E-state index < -0.39 is 0 Å². The number of hydrogen-bond donors (Lipinski definition) is 1. The SMILES string of the molecule is Cc1cc(Cl)c(C(C)C)cc1Oc1cnc(CO)cn1. The summed E-state index contributed by atoms with van der Waals surface area (Å²) in [5.74, 6) is 1.42. The van der Waals surface area contributed by atoms with Crippen LogP contribution in [0, 0.1) is 6.92 Å². The first-order valence-corrected chi connectivity index (χ1v) is 6.78. The van der Waals surface area contributed by atoms with Crippen LogP contribution in [0.15, 0.2) is 24.5 Å². The van der Waals surface area contributed by atoms with Crippen LogP contribution in [0.2, 0.25) is 5.02 Å². The lowest BCUT2D eigenvalue weighted by Gasteiger charge is -2.13. The van der Waals surface area contributed by atoms with Crippen molar-refractivity contribution in [2.75, 3.05) is 0 Å². The smallest absolute Gasteiger partial charge is 0.237 e. The molecule has 0 spiro atoms. The summed E-state index contributed by atoms with van der Waals surface area (Å²) in [6.45, 7) is 5.96. The first-order valence-electron chi connectivity index (χ1n) is 6.41. The minimum Gasteiger partial charge on any atom is -0.437 e. The molecule has 4 nitrogen and oxygen atoms in total. The van der Waals surface area contributed by atoms with E-state index in [9.17, 15) is 0 Å². The van der Waals surface area contributed by atoms with Gasteiger partial charge in [0.2, 0.25) is 5.88 Å². The highest BCUT2D eigenvalue weighted by Gasteiger charge is 2.11. The average Bonchev–Trinajstić information content (AvgIpc) is 2.42. The Kier molecular flexibility index (Phi) is 4.57. The minimum absolute atomic E-state index is 0.134. The molecule has 1 N–H and O–H groups in total. The summed E-state index contributed by atoms with van der Waals surface area (Å²) in [5, 5.41) is 9.67. The molecule has 0 aliphatic rings. The van der Waals surface area contributed by atoms with E-state index in [2.05, 4.69) is 23.8 Å². The molecule has 1 aromatic carbocycles. The molecule has 0 aliphatic heterocycles. The predicted octanol–water partition coefficient (Wildman–Crippen LogP) is 3.85. The molecule has 0 atom stereocenters. The fourth-order valence-electron chi connectivity index (χ4n) is 1.81. The summed E-state index contributed by atoms with van der Waals surface area (Å²) < 4.78 is 5.74. The van der Waals surface area contributed by atoms with Gasteiger partial charge >= 0.3 is 0 Å². The van der Waals surface area contributed by atoms with Gasteiger partial charge < -0.3 is 9.84 Å². The van der Waals surface area contributed by atoms with Gasteiger partial charge in [-0.15, -0.1) is 0 Å². The first kappa shape index (κ1) is 14.8. The maximum absolute atomic E-state index is 8.93. The van der Waals surface area contributed by atoms with Crippen molar-refractivity contribution >= 4 is 11.6 Å². The maximum Gasteiger partial charge on any atom is 0.237 e. The van der Waals surface area contributed by atoms with Gasteiger partial charge in [0.05, 0.1) is 24.7 Å². The first-order chi connectivity index (χ1) is 9.51. The molecule has 0 aliphatic carbocycles. The van der Waals surface area contributed by atoms with Crippen molar-refractivity contribution in [3.05, 3.63) is 46.4 Å². The normalized spacial score (nSPS) is 10.9. The number of hydrogen-bond acceptors (Lipinski definition) is 4. The van der Waals surface area contributed by atoms with Crippen molar-refractivity contribution in [1.29, 1.82) is 0 Å². The Bertz CT molecular complexity index is 598. The molecule has 1 heterocycles. The molecule has 20 heavy (non-hydrogen) atoms. The van der Waals surface area contributed by atoms with Crippen molar-refractivity contribution in [3.63, 3.8) is 0 Å². The highest BCUT2D eigenvalue weighted by molar-refractivity contribution is 6.31. The topological polar surface area (TPSA) is 55.2 Å². The molecule has 2 rings (SSSR count). The van der Waals surface area contributed by atoms with E-state index in [4.69, 9.17) is 21.4 Å². The molecular formula is C15H17ClN2O2. The van der Waals surface area contributed by atoms with Gasteiger partial charge in [0.1, 0.15) is 5.75 Å². The van der Waals surface area contributed by atoms with Gasteiger partial charge in [-0.3, -0.25) is 4.98 Å². The summed E-state index contributed by atoms with van der Waals surface area (Å²) in [6.07, 6.45) is 2.98. The average molecular weight is 293 g/mol. The number of aromatic nitrogens is 2. The van der Waals surface area contributed by atoms with Gasteiger partial charge in [-0.2, -0.15) is 0 Å². The lowest BCUT2D eigenvalue weighted by Crippen LogP contribution is -1.97. The van der Waals surface area contributed by atoms with Gasteiger partial charge in [0.25, 0.3) is 0 Å². The second-order valence-corrected chi connectivity index (χ2v) is 5.31. The molecule has 0 unspecified atom stereocenters. The van der Waals surface area contributed by atoms with Crippen LogP contribution >= 0.6 is 11.6 Å². The number of aliphatic hydroxyl groups is 1. The summed E-state index contributed by atoms with van der Waals surface area (Å²) in [4.78, 5) is 8.14. The fraction of sp³-hybridized carbons (Fsp3) is 0.333. The second-order valence-electron chi connectivity index (χ2n) is 4.90. The molecule has 1 aromatic heterocycles. The molecule has 0 amide bonds. The zero-order valence-corrected chi connectivity index (χ0v) is 12.5. The quantitative estimate of drug-likeness (QED) is 0.930. The lowest BCUT2D eigenvalue weighted by molar-refractivity contribution is 0.276. The Labute approximate surface area is 123 Å². The molecule has 0 saturated carbocycles. The van der Waals surface area contributed by atoms with Crippen molar-refractivity contribution in [1.82, 2.24) is 9.97 Å². The Morgan fingerprint density at radius 2 is 2.00 bits per heavy atom. The third-order valence-corrected chi connectivity index (χ3v) is 3.30. The highest BCUT2D eigenvalue weighted by atomic mass is 35.5. The molecule has 2 aromatic rings. The van der Waals surface area contributed by atoms with Gasteiger partial charge in [0, 0.05) is 5.02 Å². The van der Waals surface area contributed by atoms with E-state index in [1.165, 1.54) is 12.4 Å². The van der Waals surface area contributed by atoms with E-state index >= 15 is 0 Å². The van der Waals surface area contributed by atoms with E-state index in [0.717, 1.165) is 16.1 Å². The number of nitrogens with zero attached hydrogens (tertiary/aromatic N) is 2. The minimum atomic E-state index is -0.134. The Morgan fingerprint density at radius 1 is 1.25 bits per heavy atom. The summed E-state index contributed by atoms with van der Waals surface area (Å²) in [5.41, 5.74) is 2.48.